The Kier molecular flexibility index (Phi) is 3.43. The largest absolute Gasteiger partial charge is 0.477 e. The van der Waals surface area contributed by atoms with E-state index in [9.17, 15) is 4.79 Å². The topological polar surface area (TPSA) is 63.1 Å². The normalized spacial score (nSPS) is 10.3. The Morgan fingerprint density at radius 1 is 0.857 bits per heavy atom. The van der Waals surface area contributed by atoms with Crippen LogP contribution in [0.4, 0.5) is 0 Å². The molecule has 0 atom stereocenters. The molecule has 4 nitrogen and oxygen atoms in total. The van der Waals surface area contributed by atoms with E-state index in [2.05, 4.69) is 9.97 Å². The highest BCUT2D eigenvalue weighted by atomic mass is 16.4. The average molecular weight is 276 g/mol. The Bertz CT molecular complexity index is 768. The third-order valence-corrected chi connectivity index (χ3v) is 3.19. The number of rotatable bonds is 3. The molecule has 3 rings (SSSR count). The zero-order chi connectivity index (χ0) is 14.7. The number of hydrogen-bond donors (Lipinski definition) is 1. The Balaban J connectivity index is 1.94. The molecule has 0 saturated carbocycles. The van der Waals surface area contributed by atoms with Crippen molar-refractivity contribution in [3.63, 3.8) is 0 Å². The summed E-state index contributed by atoms with van der Waals surface area (Å²) in [7, 11) is 0. The number of aromatic carboxylic acids is 1. The first-order chi connectivity index (χ1) is 10.2. The molecule has 0 aliphatic carbocycles. The summed E-state index contributed by atoms with van der Waals surface area (Å²) in [5.74, 6) is -1.02. The number of pyridine rings is 2. The number of benzene rings is 1. The molecule has 102 valence electrons. The van der Waals surface area contributed by atoms with Crippen LogP contribution in [0.3, 0.4) is 0 Å². The van der Waals surface area contributed by atoms with E-state index < -0.39 is 5.97 Å². The molecule has 0 saturated heterocycles. The minimum Gasteiger partial charge on any atom is -0.477 e. The van der Waals surface area contributed by atoms with E-state index in [1.807, 2.05) is 42.6 Å². The molecule has 0 aliphatic rings. The lowest BCUT2D eigenvalue weighted by Crippen LogP contribution is -1.99. The molecule has 3 aromatic rings. The summed E-state index contributed by atoms with van der Waals surface area (Å²) >= 11 is 0. The molecule has 0 bridgehead atoms. The van der Waals surface area contributed by atoms with Crippen LogP contribution in [0, 0.1) is 0 Å². The standard InChI is InChI=1S/C17H12N2O2/c20-17(21)16-10-14(7-9-19-16)12-3-5-13(6-4-12)15-2-1-8-18-11-15/h1-11H,(H,20,21). The fourth-order valence-electron chi connectivity index (χ4n) is 2.12. The number of hydrogen-bond acceptors (Lipinski definition) is 3. The van der Waals surface area contributed by atoms with Gasteiger partial charge in [-0.1, -0.05) is 30.3 Å². The van der Waals surface area contributed by atoms with Gasteiger partial charge in [-0.05, 0) is 40.5 Å². The van der Waals surface area contributed by atoms with E-state index in [1.54, 1.807) is 18.3 Å². The van der Waals surface area contributed by atoms with Crippen LogP contribution < -0.4 is 0 Å². The molecule has 2 heterocycles. The van der Waals surface area contributed by atoms with Gasteiger partial charge in [0, 0.05) is 18.6 Å². The molecule has 21 heavy (non-hydrogen) atoms. The second kappa shape index (κ2) is 5.54. The zero-order valence-corrected chi connectivity index (χ0v) is 11.1. The maximum atomic E-state index is 11.0. The summed E-state index contributed by atoms with van der Waals surface area (Å²) in [6.45, 7) is 0. The summed E-state index contributed by atoms with van der Waals surface area (Å²) in [5.41, 5.74) is 3.95. The van der Waals surface area contributed by atoms with Crippen molar-refractivity contribution in [2.75, 3.05) is 0 Å². The molecule has 0 radical (unpaired) electrons. The maximum absolute atomic E-state index is 11.0. The molecular formula is C17H12N2O2. The third-order valence-electron chi connectivity index (χ3n) is 3.19. The van der Waals surface area contributed by atoms with E-state index in [4.69, 9.17) is 5.11 Å². The number of carbonyl (C=O) groups is 1. The molecule has 1 N–H and O–H groups in total. The summed E-state index contributed by atoms with van der Waals surface area (Å²) in [4.78, 5) is 18.9. The fourth-order valence-corrected chi connectivity index (χ4v) is 2.12. The number of carboxylic acids is 1. The van der Waals surface area contributed by atoms with E-state index in [-0.39, 0.29) is 5.69 Å². The maximum Gasteiger partial charge on any atom is 0.354 e. The first-order valence-electron chi connectivity index (χ1n) is 6.44. The molecule has 0 amide bonds. The van der Waals surface area contributed by atoms with Crippen molar-refractivity contribution in [1.29, 1.82) is 0 Å². The van der Waals surface area contributed by atoms with Gasteiger partial charge in [0.2, 0.25) is 0 Å². The van der Waals surface area contributed by atoms with Crippen molar-refractivity contribution in [3.8, 4) is 22.3 Å². The lowest BCUT2D eigenvalue weighted by molar-refractivity contribution is 0.0690. The van der Waals surface area contributed by atoms with Crippen molar-refractivity contribution in [2.24, 2.45) is 0 Å². The van der Waals surface area contributed by atoms with Gasteiger partial charge in [-0.3, -0.25) is 4.98 Å². The predicted octanol–water partition coefficient (Wildman–Crippen LogP) is 3.51. The Hall–Kier alpha value is -3.01. The first-order valence-corrected chi connectivity index (χ1v) is 6.44. The van der Waals surface area contributed by atoms with Gasteiger partial charge in [0.25, 0.3) is 0 Å². The monoisotopic (exact) mass is 276 g/mol. The lowest BCUT2D eigenvalue weighted by atomic mass is 10.0. The third kappa shape index (κ3) is 2.79. The molecule has 2 aromatic heterocycles. The predicted molar refractivity (Wildman–Crippen MR) is 79.9 cm³/mol. The number of aromatic nitrogens is 2. The summed E-state index contributed by atoms with van der Waals surface area (Å²) < 4.78 is 0. The Labute approximate surface area is 121 Å². The highest BCUT2D eigenvalue weighted by molar-refractivity contribution is 5.87. The second-order valence-corrected chi connectivity index (χ2v) is 4.55. The van der Waals surface area contributed by atoms with E-state index in [0.717, 1.165) is 22.3 Å². The van der Waals surface area contributed by atoms with Gasteiger partial charge in [0.05, 0.1) is 0 Å². The molecule has 4 heteroatoms. The highest BCUT2D eigenvalue weighted by Gasteiger charge is 2.06. The van der Waals surface area contributed by atoms with Crippen LogP contribution in [-0.2, 0) is 0 Å². The van der Waals surface area contributed by atoms with E-state index in [0.29, 0.717) is 0 Å². The molecular weight excluding hydrogens is 264 g/mol. The quantitative estimate of drug-likeness (QED) is 0.795. The average Bonchev–Trinajstić information content (AvgIpc) is 2.56. The molecule has 0 fully saturated rings. The minimum atomic E-state index is -1.02. The van der Waals surface area contributed by atoms with Crippen LogP contribution >= 0.6 is 0 Å². The van der Waals surface area contributed by atoms with Gasteiger partial charge < -0.3 is 5.11 Å². The van der Waals surface area contributed by atoms with Crippen molar-refractivity contribution >= 4 is 5.97 Å². The Morgan fingerprint density at radius 3 is 2.19 bits per heavy atom. The van der Waals surface area contributed by atoms with Crippen molar-refractivity contribution < 1.29 is 9.90 Å². The minimum absolute atomic E-state index is 0.0452. The SMILES string of the molecule is O=C(O)c1cc(-c2ccc(-c3cccnc3)cc2)ccn1. The smallest absolute Gasteiger partial charge is 0.354 e. The van der Waals surface area contributed by atoms with Crippen molar-refractivity contribution in [1.82, 2.24) is 9.97 Å². The van der Waals surface area contributed by atoms with E-state index >= 15 is 0 Å². The van der Waals surface area contributed by atoms with Crippen LogP contribution in [-0.4, -0.2) is 21.0 Å². The van der Waals surface area contributed by atoms with Crippen molar-refractivity contribution in [3.05, 3.63) is 72.8 Å². The first kappa shape index (κ1) is 13.0. The molecule has 1 aromatic carbocycles. The van der Waals surface area contributed by atoms with Gasteiger partial charge >= 0.3 is 5.97 Å². The zero-order valence-electron chi connectivity index (χ0n) is 11.1. The van der Waals surface area contributed by atoms with Crippen LogP contribution in [0.5, 0.6) is 0 Å². The molecule has 0 aliphatic heterocycles. The van der Waals surface area contributed by atoms with Crippen LogP contribution in [0.1, 0.15) is 10.5 Å². The van der Waals surface area contributed by atoms with Gasteiger partial charge in [-0.25, -0.2) is 9.78 Å². The number of carboxylic acid groups (broad SMARTS) is 1. The number of nitrogens with zero attached hydrogens (tertiary/aromatic N) is 2. The lowest BCUT2D eigenvalue weighted by Gasteiger charge is -2.05. The second-order valence-electron chi connectivity index (χ2n) is 4.55. The van der Waals surface area contributed by atoms with Crippen molar-refractivity contribution in [2.45, 2.75) is 0 Å². The highest BCUT2D eigenvalue weighted by Crippen LogP contribution is 2.24. The van der Waals surface area contributed by atoms with Crippen LogP contribution in [0.15, 0.2) is 67.1 Å². The van der Waals surface area contributed by atoms with E-state index in [1.165, 1.54) is 6.20 Å². The summed E-state index contributed by atoms with van der Waals surface area (Å²) in [5, 5.41) is 8.98. The van der Waals surface area contributed by atoms with Crippen LogP contribution in [0.25, 0.3) is 22.3 Å². The van der Waals surface area contributed by atoms with Gasteiger partial charge in [0.15, 0.2) is 0 Å². The Morgan fingerprint density at radius 2 is 1.57 bits per heavy atom. The summed E-state index contributed by atoms with van der Waals surface area (Å²) in [6.07, 6.45) is 5.06. The van der Waals surface area contributed by atoms with Gasteiger partial charge in [-0.15, -0.1) is 0 Å². The molecule has 0 unspecified atom stereocenters. The van der Waals surface area contributed by atoms with Gasteiger partial charge in [0.1, 0.15) is 5.69 Å². The summed E-state index contributed by atoms with van der Waals surface area (Å²) in [6, 6.07) is 15.2. The van der Waals surface area contributed by atoms with Gasteiger partial charge in [-0.2, -0.15) is 0 Å². The van der Waals surface area contributed by atoms with Crippen LogP contribution in [0.2, 0.25) is 0 Å². The fraction of sp³-hybridized carbons (Fsp3) is 0. The molecule has 0 spiro atoms.